The van der Waals surface area contributed by atoms with Crippen LogP contribution in [-0.2, 0) is 7.05 Å². The molecule has 0 radical (unpaired) electrons. The number of rotatable bonds is 0. The highest BCUT2D eigenvalue weighted by Crippen LogP contribution is 2.17. The largest absolute Gasteiger partial charge is 0.316 e. The van der Waals surface area contributed by atoms with Gasteiger partial charge in [0.1, 0.15) is 5.52 Å². The van der Waals surface area contributed by atoms with Crippen LogP contribution in [0.4, 0.5) is 0 Å². The molecule has 0 unspecified atom stereocenters. The smallest absolute Gasteiger partial charge is 0.284 e. The normalized spacial score (nSPS) is 10.8. The molecule has 0 aliphatic carbocycles. The molecule has 2 aromatic rings. The van der Waals surface area contributed by atoms with E-state index in [0.29, 0.717) is 10.1 Å². The first-order valence-electron chi connectivity index (χ1n) is 3.42. The van der Waals surface area contributed by atoms with Crippen LogP contribution >= 0.6 is 15.9 Å². The Morgan fingerprint density at radius 2 is 2.42 bits per heavy atom. The summed E-state index contributed by atoms with van der Waals surface area (Å²) in [6.45, 7) is 0. The van der Waals surface area contributed by atoms with E-state index in [0.717, 1.165) is 10.2 Å². The Hall–Kier alpha value is -1.10. The SMILES string of the molecule is Cn1nc(Br)c2c1ccc[n+]2O. The lowest BCUT2D eigenvalue weighted by Gasteiger charge is -1.87. The fraction of sp³-hybridized carbons (Fsp3) is 0.143. The van der Waals surface area contributed by atoms with Crippen molar-refractivity contribution in [2.75, 3.05) is 0 Å². The lowest BCUT2D eigenvalue weighted by Crippen LogP contribution is -2.29. The van der Waals surface area contributed by atoms with Gasteiger partial charge >= 0.3 is 5.52 Å². The van der Waals surface area contributed by atoms with Crippen LogP contribution in [0.25, 0.3) is 11.0 Å². The summed E-state index contributed by atoms with van der Waals surface area (Å²) in [6, 6.07) is 3.65. The molecular formula is C7H7BrN3O+. The quantitative estimate of drug-likeness (QED) is 0.537. The molecule has 12 heavy (non-hydrogen) atoms. The number of aromatic nitrogens is 3. The van der Waals surface area contributed by atoms with E-state index in [-0.39, 0.29) is 0 Å². The Morgan fingerprint density at radius 1 is 1.67 bits per heavy atom. The van der Waals surface area contributed by atoms with Gasteiger partial charge in [-0.3, -0.25) is 9.89 Å². The molecule has 4 nitrogen and oxygen atoms in total. The molecule has 62 valence electrons. The molecule has 2 heterocycles. The number of hydrogen-bond donors (Lipinski definition) is 1. The Morgan fingerprint density at radius 3 is 3.08 bits per heavy atom. The van der Waals surface area contributed by atoms with Gasteiger partial charge < -0.3 is 0 Å². The van der Waals surface area contributed by atoms with E-state index in [2.05, 4.69) is 21.0 Å². The maximum absolute atomic E-state index is 9.40. The van der Waals surface area contributed by atoms with Crippen molar-refractivity contribution in [3.63, 3.8) is 0 Å². The van der Waals surface area contributed by atoms with E-state index in [1.54, 1.807) is 16.9 Å². The minimum Gasteiger partial charge on any atom is -0.284 e. The molecule has 1 N–H and O–H groups in total. The maximum atomic E-state index is 9.40. The Kier molecular flexibility index (Phi) is 1.54. The van der Waals surface area contributed by atoms with Crippen LogP contribution in [0, 0.1) is 0 Å². The third-order valence-electron chi connectivity index (χ3n) is 1.73. The summed E-state index contributed by atoms with van der Waals surface area (Å²) >= 11 is 3.26. The zero-order valence-electron chi connectivity index (χ0n) is 6.40. The molecule has 2 rings (SSSR count). The van der Waals surface area contributed by atoms with Crippen LogP contribution in [0.2, 0.25) is 0 Å². The van der Waals surface area contributed by atoms with Crippen molar-refractivity contribution in [2.24, 2.45) is 7.05 Å². The van der Waals surface area contributed by atoms with Crippen molar-refractivity contribution in [3.05, 3.63) is 22.9 Å². The number of fused-ring (bicyclic) bond motifs is 1. The van der Waals surface area contributed by atoms with Crippen LogP contribution in [0.1, 0.15) is 0 Å². The highest BCUT2D eigenvalue weighted by molar-refractivity contribution is 9.10. The summed E-state index contributed by atoms with van der Waals surface area (Å²) in [7, 11) is 1.83. The van der Waals surface area contributed by atoms with Crippen LogP contribution in [0.15, 0.2) is 22.9 Å². The van der Waals surface area contributed by atoms with Crippen molar-refractivity contribution in [2.45, 2.75) is 0 Å². The topological polar surface area (TPSA) is 41.9 Å². The van der Waals surface area contributed by atoms with Crippen LogP contribution in [0.5, 0.6) is 0 Å². The third kappa shape index (κ3) is 0.896. The minimum atomic E-state index is 0.642. The molecule has 0 aliphatic rings. The van der Waals surface area contributed by atoms with Crippen molar-refractivity contribution >= 4 is 27.0 Å². The van der Waals surface area contributed by atoms with E-state index in [9.17, 15) is 5.21 Å². The average molecular weight is 229 g/mol. The van der Waals surface area contributed by atoms with E-state index in [1.165, 1.54) is 0 Å². The zero-order valence-corrected chi connectivity index (χ0v) is 7.98. The molecular weight excluding hydrogens is 222 g/mol. The van der Waals surface area contributed by atoms with Gasteiger partial charge in [-0.2, -0.15) is 5.10 Å². The first kappa shape index (κ1) is 7.54. The summed E-state index contributed by atoms with van der Waals surface area (Å²) < 4.78 is 3.39. The number of hydrogen-bond acceptors (Lipinski definition) is 2. The van der Waals surface area contributed by atoms with Gasteiger partial charge in [0.05, 0.1) is 0 Å². The Bertz CT molecular complexity index is 437. The van der Waals surface area contributed by atoms with Gasteiger partial charge in [0, 0.05) is 17.8 Å². The van der Waals surface area contributed by atoms with Gasteiger partial charge in [-0.25, -0.2) is 0 Å². The number of aryl methyl sites for hydroxylation is 1. The monoisotopic (exact) mass is 228 g/mol. The summed E-state index contributed by atoms with van der Waals surface area (Å²) in [5.41, 5.74) is 1.56. The van der Waals surface area contributed by atoms with E-state index >= 15 is 0 Å². The van der Waals surface area contributed by atoms with Gasteiger partial charge in [0.25, 0.3) is 0 Å². The first-order chi connectivity index (χ1) is 5.70. The van der Waals surface area contributed by atoms with E-state index in [1.807, 2.05) is 13.1 Å². The van der Waals surface area contributed by atoms with Crippen LogP contribution < -0.4 is 4.73 Å². The molecule has 0 aliphatic heterocycles. The number of halogens is 1. The third-order valence-corrected chi connectivity index (χ3v) is 2.27. The van der Waals surface area contributed by atoms with Crippen molar-refractivity contribution in [1.82, 2.24) is 9.78 Å². The second kappa shape index (κ2) is 2.45. The predicted molar refractivity (Wildman–Crippen MR) is 45.8 cm³/mol. The fourth-order valence-corrected chi connectivity index (χ4v) is 1.80. The highest BCUT2D eigenvalue weighted by Gasteiger charge is 2.16. The molecule has 0 saturated heterocycles. The van der Waals surface area contributed by atoms with Crippen LogP contribution in [-0.4, -0.2) is 15.0 Å². The fourth-order valence-electron chi connectivity index (χ4n) is 1.18. The molecule has 0 amide bonds. The average Bonchev–Trinajstić information content (AvgIpc) is 2.29. The van der Waals surface area contributed by atoms with Crippen molar-refractivity contribution < 1.29 is 9.94 Å². The number of nitrogens with zero attached hydrogens (tertiary/aromatic N) is 3. The lowest BCUT2D eigenvalue weighted by atomic mass is 10.4. The predicted octanol–water partition coefficient (Wildman–Crippen LogP) is 0.861. The number of pyridine rings is 1. The summed E-state index contributed by atoms with van der Waals surface area (Å²) in [4.78, 5) is 0. The zero-order chi connectivity index (χ0) is 8.72. The molecule has 0 fully saturated rings. The summed E-state index contributed by atoms with van der Waals surface area (Å²) in [6.07, 6.45) is 1.56. The standard InChI is InChI=1S/C7H7BrN3O/c1-10-5-3-2-4-11(12)6(5)7(8)9-10/h2-4,12H,1H3/q+1. The van der Waals surface area contributed by atoms with Crippen molar-refractivity contribution in [1.29, 1.82) is 0 Å². The van der Waals surface area contributed by atoms with Crippen LogP contribution in [0.3, 0.4) is 0 Å². The molecule has 0 aromatic carbocycles. The van der Waals surface area contributed by atoms with E-state index < -0.39 is 0 Å². The molecule has 5 heteroatoms. The van der Waals surface area contributed by atoms with E-state index in [4.69, 9.17) is 0 Å². The second-order valence-electron chi connectivity index (χ2n) is 2.50. The second-order valence-corrected chi connectivity index (χ2v) is 3.25. The minimum absolute atomic E-state index is 0.642. The molecule has 0 saturated carbocycles. The summed E-state index contributed by atoms with van der Waals surface area (Å²) in [5, 5.41) is 13.5. The summed E-state index contributed by atoms with van der Waals surface area (Å²) in [5.74, 6) is 0. The van der Waals surface area contributed by atoms with Gasteiger partial charge in [-0.05, 0) is 22.0 Å². The van der Waals surface area contributed by atoms with Crippen molar-refractivity contribution in [3.8, 4) is 0 Å². The first-order valence-corrected chi connectivity index (χ1v) is 4.21. The van der Waals surface area contributed by atoms with Gasteiger partial charge in [0.15, 0.2) is 0 Å². The molecule has 0 bridgehead atoms. The molecule has 0 atom stereocenters. The Balaban J connectivity index is 2.99. The maximum Gasteiger partial charge on any atom is 0.316 e. The Labute approximate surface area is 77.1 Å². The molecule has 0 spiro atoms. The van der Waals surface area contributed by atoms with Gasteiger partial charge in [-0.1, -0.05) is 0 Å². The van der Waals surface area contributed by atoms with Gasteiger partial charge in [-0.15, -0.1) is 0 Å². The highest BCUT2D eigenvalue weighted by atomic mass is 79.9. The van der Waals surface area contributed by atoms with Gasteiger partial charge in [0.2, 0.25) is 10.8 Å². The molecule has 2 aromatic heterocycles. The lowest BCUT2D eigenvalue weighted by molar-refractivity contribution is -0.885.